The van der Waals surface area contributed by atoms with Gasteiger partial charge in [0.25, 0.3) is 0 Å². The zero-order valence-electron chi connectivity index (χ0n) is 11.9. The third-order valence-electron chi connectivity index (χ3n) is 4.10. The highest BCUT2D eigenvalue weighted by molar-refractivity contribution is 5.07. The number of aryl methyl sites for hydroxylation is 1. The van der Waals surface area contributed by atoms with Crippen LogP contribution >= 0.6 is 0 Å². The summed E-state index contributed by atoms with van der Waals surface area (Å²) in [7, 11) is 0. The van der Waals surface area contributed by atoms with Crippen molar-refractivity contribution >= 4 is 0 Å². The smallest absolute Gasteiger partial charge is 0.350 e. The maximum absolute atomic E-state index is 12.8. The van der Waals surface area contributed by atoms with E-state index in [1.54, 1.807) is 0 Å². The molecule has 1 heterocycles. The predicted molar refractivity (Wildman–Crippen MR) is 73.4 cm³/mol. The van der Waals surface area contributed by atoms with Crippen LogP contribution in [-0.4, -0.2) is 16.8 Å². The quantitative estimate of drug-likeness (QED) is 0.863. The van der Waals surface area contributed by atoms with E-state index in [1.807, 2.05) is 18.3 Å². The van der Waals surface area contributed by atoms with E-state index in [2.05, 4.69) is 16.8 Å². The molecule has 114 valence electrons. The number of hydrogen-bond donors (Lipinski definition) is 1. The molecule has 1 aromatic heterocycles. The molecule has 1 saturated carbocycles. The van der Waals surface area contributed by atoms with Crippen LogP contribution in [0.15, 0.2) is 18.3 Å². The highest BCUT2D eigenvalue weighted by Crippen LogP contribution is 2.37. The topological polar surface area (TPSA) is 17.0 Å². The summed E-state index contributed by atoms with van der Waals surface area (Å²) in [5.41, 5.74) is 1.15. The lowest BCUT2D eigenvalue weighted by Gasteiger charge is -2.31. The number of rotatable bonds is 5. The summed E-state index contributed by atoms with van der Waals surface area (Å²) in [5, 5.41) is 3.30. The second kappa shape index (κ2) is 6.66. The van der Waals surface area contributed by atoms with Crippen molar-refractivity contribution in [1.82, 2.24) is 9.88 Å². The minimum atomic E-state index is -4.04. The molecule has 0 radical (unpaired) electrons. The molecule has 1 N–H and O–H groups in total. The molecule has 1 fully saturated rings. The van der Waals surface area contributed by atoms with Crippen molar-refractivity contribution in [2.75, 3.05) is 0 Å². The third-order valence-corrected chi connectivity index (χ3v) is 4.10. The van der Waals surface area contributed by atoms with Gasteiger partial charge in [0.1, 0.15) is 0 Å². The minimum Gasteiger partial charge on any atom is -0.350 e. The fourth-order valence-corrected chi connectivity index (χ4v) is 2.99. The number of hydrogen-bond acceptors (Lipinski definition) is 1. The Kier molecular flexibility index (Phi) is 5.13. The van der Waals surface area contributed by atoms with E-state index >= 15 is 0 Å². The van der Waals surface area contributed by atoms with Gasteiger partial charge in [-0.3, -0.25) is 0 Å². The van der Waals surface area contributed by atoms with Crippen molar-refractivity contribution in [3.8, 4) is 0 Å². The highest BCUT2D eigenvalue weighted by Gasteiger charge is 2.41. The Balaban J connectivity index is 1.86. The molecule has 5 heteroatoms. The summed E-state index contributed by atoms with van der Waals surface area (Å²) in [6.45, 7) is 3.73. The summed E-state index contributed by atoms with van der Waals surface area (Å²) in [6, 6.07) is 4.01. The van der Waals surface area contributed by atoms with Crippen molar-refractivity contribution in [3.05, 3.63) is 24.0 Å². The molecule has 2 atom stereocenters. The summed E-state index contributed by atoms with van der Waals surface area (Å²) >= 11 is 0. The number of nitrogens with one attached hydrogen (secondary N) is 1. The lowest BCUT2D eigenvalue weighted by molar-refractivity contribution is -0.183. The van der Waals surface area contributed by atoms with E-state index in [0.717, 1.165) is 25.1 Å². The fraction of sp³-hybridized carbons (Fsp3) is 0.733. The zero-order valence-corrected chi connectivity index (χ0v) is 11.9. The van der Waals surface area contributed by atoms with Gasteiger partial charge >= 0.3 is 6.18 Å². The molecule has 0 saturated heterocycles. The first kappa shape index (κ1) is 15.4. The van der Waals surface area contributed by atoms with Gasteiger partial charge in [0, 0.05) is 31.0 Å². The van der Waals surface area contributed by atoms with Crippen LogP contribution in [0.2, 0.25) is 0 Å². The maximum Gasteiger partial charge on any atom is 0.391 e. The van der Waals surface area contributed by atoms with Gasteiger partial charge in [-0.25, -0.2) is 0 Å². The largest absolute Gasteiger partial charge is 0.391 e. The van der Waals surface area contributed by atoms with E-state index in [-0.39, 0.29) is 18.9 Å². The van der Waals surface area contributed by atoms with Crippen LogP contribution in [0.25, 0.3) is 0 Å². The Morgan fingerprint density at radius 1 is 1.35 bits per heavy atom. The van der Waals surface area contributed by atoms with E-state index in [4.69, 9.17) is 0 Å². The number of alkyl halides is 3. The van der Waals surface area contributed by atoms with Crippen LogP contribution in [-0.2, 0) is 13.1 Å². The van der Waals surface area contributed by atoms with Gasteiger partial charge in [0.2, 0.25) is 0 Å². The van der Waals surface area contributed by atoms with Crippen molar-refractivity contribution in [2.45, 2.75) is 64.3 Å². The maximum atomic E-state index is 12.8. The van der Waals surface area contributed by atoms with Crippen molar-refractivity contribution in [2.24, 2.45) is 5.92 Å². The molecule has 20 heavy (non-hydrogen) atoms. The van der Waals surface area contributed by atoms with Gasteiger partial charge in [0.15, 0.2) is 0 Å². The van der Waals surface area contributed by atoms with Gasteiger partial charge in [-0.1, -0.05) is 13.3 Å². The van der Waals surface area contributed by atoms with Crippen molar-refractivity contribution in [3.63, 3.8) is 0 Å². The third kappa shape index (κ3) is 4.01. The van der Waals surface area contributed by atoms with Gasteiger partial charge in [-0.2, -0.15) is 13.2 Å². The fourth-order valence-electron chi connectivity index (χ4n) is 2.99. The van der Waals surface area contributed by atoms with Crippen LogP contribution in [0.1, 0.15) is 44.7 Å². The Morgan fingerprint density at radius 3 is 2.85 bits per heavy atom. The van der Waals surface area contributed by atoms with E-state index in [0.29, 0.717) is 13.0 Å². The second-order valence-electron chi connectivity index (χ2n) is 5.68. The van der Waals surface area contributed by atoms with Crippen LogP contribution < -0.4 is 5.32 Å². The first-order valence-electron chi connectivity index (χ1n) is 7.44. The molecule has 2 unspecified atom stereocenters. The molecule has 0 aliphatic heterocycles. The molecular formula is C15H23F3N2. The zero-order chi connectivity index (χ0) is 14.6. The molecule has 1 aromatic rings. The first-order chi connectivity index (χ1) is 9.50. The summed E-state index contributed by atoms with van der Waals surface area (Å²) in [4.78, 5) is 0. The number of nitrogens with zero attached hydrogens (tertiary/aromatic N) is 1. The Hall–Kier alpha value is -0.970. The van der Waals surface area contributed by atoms with E-state index < -0.39 is 12.1 Å². The summed E-state index contributed by atoms with van der Waals surface area (Å²) in [5.74, 6) is -1.13. The highest BCUT2D eigenvalue weighted by atomic mass is 19.4. The average molecular weight is 288 g/mol. The number of aromatic nitrogens is 1. The molecule has 0 amide bonds. The summed E-state index contributed by atoms with van der Waals surface area (Å²) in [6.07, 6.45) is 1.06. The predicted octanol–water partition coefficient (Wildman–Crippen LogP) is 4.11. The standard InChI is InChI=1S/C15H23F3N2/c1-2-8-20-9-4-7-14(20)11-19-13-6-3-5-12(10-13)15(16,17)18/h4,7,9,12-13,19H,2-3,5-6,8,10-11H2,1H3. The van der Waals surface area contributed by atoms with Crippen LogP contribution in [0.3, 0.4) is 0 Å². The van der Waals surface area contributed by atoms with Gasteiger partial charge < -0.3 is 9.88 Å². The molecule has 0 aromatic carbocycles. The molecule has 2 rings (SSSR count). The normalized spacial score (nSPS) is 24.0. The lowest BCUT2D eigenvalue weighted by atomic mass is 9.85. The molecule has 0 spiro atoms. The Bertz CT molecular complexity index is 411. The molecule has 2 nitrogen and oxygen atoms in total. The van der Waals surface area contributed by atoms with Crippen LogP contribution in [0, 0.1) is 5.92 Å². The lowest BCUT2D eigenvalue weighted by Crippen LogP contribution is -2.38. The first-order valence-corrected chi connectivity index (χ1v) is 7.44. The van der Waals surface area contributed by atoms with E-state index in [9.17, 15) is 13.2 Å². The monoisotopic (exact) mass is 288 g/mol. The van der Waals surface area contributed by atoms with Gasteiger partial charge in [-0.15, -0.1) is 0 Å². The Morgan fingerprint density at radius 2 is 2.15 bits per heavy atom. The molecule has 0 bridgehead atoms. The summed E-state index contributed by atoms with van der Waals surface area (Å²) < 4.78 is 40.4. The second-order valence-corrected chi connectivity index (χ2v) is 5.68. The Labute approximate surface area is 118 Å². The SMILES string of the molecule is CCCn1cccc1CNC1CCCC(C(F)(F)F)C1. The van der Waals surface area contributed by atoms with Crippen LogP contribution in [0.4, 0.5) is 13.2 Å². The van der Waals surface area contributed by atoms with E-state index in [1.165, 1.54) is 0 Å². The average Bonchev–Trinajstić information content (AvgIpc) is 2.84. The van der Waals surface area contributed by atoms with Crippen molar-refractivity contribution < 1.29 is 13.2 Å². The molecular weight excluding hydrogens is 265 g/mol. The van der Waals surface area contributed by atoms with Gasteiger partial charge in [-0.05, 0) is 37.8 Å². The van der Waals surface area contributed by atoms with Crippen molar-refractivity contribution in [1.29, 1.82) is 0 Å². The molecule has 1 aliphatic rings. The number of halogens is 3. The minimum absolute atomic E-state index is 0.0136. The molecule has 1 aliphatic carbocycles. The van der Waals surface area contributed by atoms with Crippen LogP contribution in [0.5, 0.6) is 0 Å². The van der Waals surface area contributed by atoms with Gasteiger partial charge in [0.05, 0.1) is 5.92 Å².